The van der Waals surface area contributed by atoms with E-state index in [1.54, 1.807) is 18.2 Å². The fourth-order valence-corrected chi connectivity index (χ4v) is 3.21. The zero-order chi connectivity index (χ0) is 15.1. The summed E-state index contributed by atoms with van der Waals surface area (Å²) in [7, 11) is 0. The Balaban J connectivity index is 1.67. The summed E-state index contributed by atoms with van der Waals surface area (Å²) in [6.45, 7) is 1.28. The second-order valence-electron chi connectivity index (χ2n) is 5.65. The zero-order valence-corrected chi connectivity index (χ0v) is 12.1. The van der Waals surface area contributed by atoms with Crippen LogP contribution in [0.1, 0.15) is 21.6 Å². The molecule has 109 valence electrons. The number of benzene rings is 2. The molecule has 0 atom stereocenters. The van der Waals surface area contributed by atoms with Crippen molar-refractivity contribution in [3.8, 4) is 0 Å². The molecule has 1 radical (unpaired) electrons. The molecule has 3 aromatic rings. The molecular formula is C18H16N3O. The molecule has 1 amide bonds. The number of para-hydroxylation sites is 1. The van der Waals surface area contributed by atoms with Crippen molar-refractivity contribution < 1.29 is 4.79 Å². The van der Waals surface area contributed by atoms with Crippen LogP contribution >= 0.6 is 0 Å². The van der Waals surface area contributed by atoms with Gasteiger partial charge in [-0.2, -0.15) is 0 Å². The summed E-state index contributed by atoms with van der Waals surface area (Å²) in [5.74, 6) is -0.0603. The third kappa shape index (κ3) is 1.96. The highest BCUT2D eigenvalue weighted by Gasteiger charge is 2.25. The third-order valence-corrected chi connectivity index (χ3v) is 4.33. The van der Waals surface area contributed by atoms with E-state index in [1.165, 1.54) is 10.9 Å². The largest absolute Gasteiger partial charge is 0.357 e. The summed E-state index contributed by atoms with van der Waals surface area (Å²) in [6, 6.07) is 15.2. The van der Waals surface area contributed by atoms with Crippen molar-refractivity contribution in [2.75, 3.05) is 6.54 Å². The summed E-state index contributed by atoms with van der Waals surface area (Å²) in [5.41, 5.74) is 12.2. The van der Waals surface area contributed by atoms with Gasteiger partial charge in [-0.25, -0.2) is 0 Å². The molecule has 4 heteroatoms. The molecule has 0 saturated carbocycles. The normalized spacial score (nSPS) is 14.1. The molecule has 0 aliphatic carbocycles. The lowest BCUT2D eigenvalue weighted by Gasteiger charge is -2.27. The van der Waals surface area contributed by atoms with Crippen LogP contribution in [0.2, 0.25) is 0 Å². The quantitative estimate of drug-likeness (QED) is 0.734. The number of aromatic nitrogens is 1. The Morgan fingerprint density at radius 3 is 2.73 bits per heavy atom. The SMILES string of the molecule is [NH]c1ccccc1C(=O)N1CCc2c([nH]c3ccccc23)C1. The second-order valence-corrected chi connectivity index (χ2v) is 5.65. The molecule has 4 nitrogen and oxygen atoms in total. The fourth-order valence-electron chi connectivity index (χ4n) is 3.21. The van der Waals surface area contributed by atoms with Gasteiger partial charge in [0.1, 0.15) is 0 Å². The Bertz CT molecular complexity index is 866. The zero-order valence-electron chi connectivity index (χ0n) is 12.1. The molecule has 4 rings (SSSR count). The number of hydrogen-bond acceptors (Lipinski definition) is 1. The lowest BCUT2D eigenvalue weighted by atomic mass is 10.0. The Hall–Kier alpha value is -2.75. The summed E-state index contributed by atoms with van der Waals surface area (Å²) in [4.78, 5) is 17.9. The molecule has 1 aromatic heterocycles. The number of aromatic amines is 1. The van der Waals surface area contributed by atoms with Crippen LogP contribution in [0.4, 0.5) is 5.69 Å². The summed E-state index contributed by atoms with van der Waals surface area (Å²) >= 11 is 0. The predicted octanol–water partition coefficient (Wildman–Crippen LogP) is 3.28. The molecule has 1 aliphatic rings. The van der Waals surface area contributed by atoms with Crippen LogP contribution in [0.25, 0.3) is 10.9 Å². The van der Waals surface area contributed by atoms with Crippen LogP contribution in [-0.2, 0) is 13.0 Å². The van der Waals surface area contributed by atoms with Crippen molar-refractivity contribution in [3.63, 3.8) is 0 Å². The van der Waals surface area contributed by atoms with Crippen LogP contribution in [0, 0.1) is 0 Å². The van der Waals surface area contributed by atoms with E-state index in [4.69, 9.17) is 5.73 Å². The lowest BCUT2D eigenvalue weighted by molar-refractivity contribution is 0.0734. The average Bonchev–Trinajstić information content (AvgIpc) is 2.92. The number of fused-ring (bicyclic) bond motifs is 3. The number of carbonyl (C=O) groups is 1. The summed E-state index contributed by atoms with van der Waals surface area (Å²) < 4.78 is 0. The minimum atomic E-state index is -0.0603. The molecule has 1 aliphatic heterocycles. The smallest absolute Gasteiger partial charge is 0.256 e. The average molecular weight is 290 g/mol. The van der Waals surface area contributed by atoms with E-state index in [0.717, 1.165) is 17.6 Å². The lowest BCUT2D eigenvalue weighted by Crippen LogP contribution is -2.36. The van der Waals surface area contributed by atoms with Gasteiger partial charge in [0.2, 0.25) is 0 Å². The van der Waals surface area contributed by atoms with Crippen molar-refractivity contribution in [1.29, 1.82) is 0 Å². The van der Waals surface area contributed by atoms with Crippen molar-refractivity contribution >= 4 is 22.5 Å². The first kappa shape index (κ1) is 13.0. The van der Waals surface area contributed by atoms with Crippen LogP contribution in [-0.4, -0.2) is 22.3 Å². The van der Waals surface area contributed by atoms with Crippen molar-refractivity contribution in [3.05, 3.63) is 65.4 Å². The van der Waals surface area contributed by atoms with Gasteiger partial charge in [-0.1, -0.05) is 30.3 Å². The molecule has 2 N–H and O–H groups in total. The molecule has 0 bridgehead atoms. The maximum Gasteiger partial charge on any atom is 0.256 e. The van der Waals surface area contributed by atoms with Crippen molar-refractivity contribution in [2.24, 2.45) is 0 Å². The monoisotopic (exact) mass is 290 g/mol. The Morgan fingerprint density at radius 1 is 1.09 bits per heavy atom. The highest BCUT2D eigenvalue weighted by molar-refractivity contribution is 5.99. The van der Waals surface area contributed by atoms with Crippen LogP contribution in [0.3, 0.4) is 0 Å². The Labute approximate surface area is 128 Å². The van der Waals surface area contributed by atoms with E-state index in [-0.39, 0.29) is 11.6 Å². The van der Waals surface area contributed by atoms with Gasteiger partial charge in [0.25, 0.3) is 5.91 Å². The number of nitrogens with zero attached hydrogens (tertiary/aromatic N) is 1. The minimum absolute atomic E-state index is 0.0603. The van der Waals surface area contributed by atoms with Crippen LogP contribution in [0.15, 0.2) is 48.5 Å². The van der Waals surface area contributed by atoms with Gasteiger partial charge in [0, 0.05) is 23.1 Å². The minimum Gasteiger partial charge on any atom is -0.357 e. The predicted molar refractivity (Wildman–Crippen MR) is 85.9 cm³/mol. The summed E-state index contributed by atoms with van der Waals surface area (Å²) in [5, 5.41) is 1.26. The maximum atomic E-state index is 12.6. The summed E-state index contributed by atoms with van der Waals surface area (Å²) in [6.07, 6.45) is 0.852. The van der Waals surface area contributed by atoms with Crippen LogP contribution in [0.5, 0.6) is 0 Å². The van der Waals surface area contributed by atoms with E-state index in [9.17, 15) is 4.79 Å². The highest BCUT2D eigenvalue weighted by atomic mass is 16.2. The first-order chi connectivity index (χ1) is 10.7. The number of amides is 1. The molecule has 0 fully saturated rings. The Kier molecular flexibility index (Phi) is 2.89. The molecule has 0 spiro atoms. The Morgan fingerprint density at radius 2 is 1.86 bits per heavy atom. The maximum absolute atomic E-state index is 12.6. The number of rotatable bonds is 1. The molecule has 0 unspecified atom stereocenters. The van der Waals surface area contributed by atoms with Gasteiger partial charge in [0.05, 0.1) is 17.8 Å². The van der Waals surface area contributed by atoms with Gasteiger partial charge in [-0.3, -0.25) is 4.79 Å². The van der Waals surface area contributed by atoms with E-state index in [1.807, 2.05) is 23.1 Å². The van der Waals surface area contributed by atoms with Gasteiger partial charge in [-0.05, 0) is 30.2 Å². The van der Waals surface area contributed by atoms with Gasteiger partial charge in [-0.15, -0.1) is 0 Å². The number of carbonyl (C=O) groups excluding carboxylic acids is 1. The topological polar surface area (TPSA) is 59.9 Å². The van der Waals surface area contributed by atoms with E-state index >= 15 is 0 Å². The van der Waals surface area contributed by atoms with Crippen molar-refractivity contribution in [2.45, 2.75) is 13.0 Å². The van der Waals surface area contributed by atoms with E-state index < -0.39 is 0 Å². The standard InChI is InChI=1S/C18H16N3O/c19-15-7-3-1-6-14(15)18(22)21-10-9-13-12-5-2-4-8-16(12)20-17(13)11-21/h1-8,19-20H,9-11H2. The third-order valence-electron chi connectivity index (χ3n) is 4.33. The van der Waals surface area contributed by atoms with E-state index in [2.05, 4.69) is 17.1 Å². The first-order valence-electron chi connectivity index (χ1n) is 7.42. The van der Waals surface area contributed by atoms with Gasteiger partial charge in [0.15, 0.2) is 0 Å². The molecule has 22 heavy (non-hydrogen) atoms. The highest BCUT2D eigenvalue weighted by Crippen LogP contribution is 2.28. The number of hydrogen-bond donors (Lipinski definition) is 1. The molecular weight excluding hydrogens is 274 g/mol. The van der Waals surface area contributed by atoms with E-state index in [0.29, 0.717) is 18.7 Å². The first-order valence-corrected chi connectivity index (χ1v) is 7.42. The van der Waals surface area contributed by atoms with Gasteiger partial charge >= 0.3 is 0 Å². The van der Waals surface area contributed by atoms with Crippen LogP contribution < -0.4 is 5.73 Å². The molecule has 2 aromatic carbocycles. The number of H-pyrrole nitrogens is 1. The number of nitrogens with one attached hydrogen (secondary N) is 2. The molecule has 2 heterocycles. The molecule has 0 saturated heterocycles. The fraction of sp³-hybridized carbons (Fsp3) is 0.167. The van der Waals surface area contributed by atoms with Gasteiger partial charge < -0.3 is 15.6 Å². The second kappa shape index (κ2) is 4.91. The van der Waals surface area contributed by atoms with Crippen molar-refractivity contribution in [1.82, 2.24) is 15.6 Å².